The van der Waals surface area contributed by atoms with Crippen molar-refractivity contribution in [2.24, 2.45) is 5.10 Å². The Labute approximate surface area is 212 Å². The monoisotopic (exact) mass is 499 g/mol. The molecule has 8 heteroatoms. The number of ether oxygens (including phenoxy) is 1. The molecule has 0 spiro atoms. The number of carbonyl (C=O) groups excluding carboxylic acids is 3. The Morgan fingerprint density at radius 1 is 0.917 bits per heavy atom. The van der Waals surface area contributed by atoms with E-state index < -0.39 is 17.8 Å². The summed E-state index contributed by atoms with van der Waals surface area (Å²) in [5, 5.41) is 8.51. The zero-order valence-corrected chi connectivity index (χ0v) is 20.1. The summed E-state index contributed by atoms with van der Waals surface area (Å²) in [5.74, 6) is -1.22. The molecule has 2 amide bonds. The van der Waals surface area contributed by atoms with E-state index in [0.29, 0.717) is 16.9 Å². The molecule has 0 aliphatic heterocycles. The molecule has 0 aliphatic rings. The first kappa shape index (κ1) is 24.6. The summed E-state index contributed by atoms with van der Waals surface area (Å²) in [5.41, 5.74) is 4.62. The Kier molecular flexibility index (Phi) is 7.72. The summed E-state index contributed by atoms with van der Waals surface area (Å²) in [4.78, 5) is 37.2. The van der Waals surface area contributed by atoms with Gasteiger partial charge < -0.3 is 10.1 Å². The highest BCUT2D eigenvalue weighted by molar-refractivity contribution is 6.33. The number of benzene rings is 4. The van der Waals surface area contributed by atoms with Crippen LogP contribution in [0.2, 0.25) is 5.02 Å². The molecule has 0 atom stereocenters. The molecule has 36 heavy (non-hydrogen) atoms. The van der Waals surface area contributed by atoms with Crippen LogP contribution >= 0.6 is 11.6 Å². The fraction of sp³-hybridized carbons (Fsp3) is 0.0714. The molecule has 0 heterocycles. The number of hydrazone groups is 1. The van der Waals surface area contributed by atoms with Crippen molar-refractivity contribution in [3.8, 4) is 5.75 Å². The number of carbonyl (C=O) groups is 3. The summed E-state index contributed by atoms with van der Waals surface area (Å²) < 4.78 is 5.66. The number of hydrogen-bond acceptors (Lipinski definition) is 5. The second-order valence-electron chi connectivity index (χ2n) is 7.91. The fourth-order valence-electron chi connectivity index (χ4n) is 3.46. The highest BCUT2D eigenvalue weighted by Gasteiger charge is 2.14. The molecule has 0 aliphatic carbocycles. The number of hydrogen-bond donors (Lipinski definition) is 2. The quantitative estimate of drug-likeness (QED) is 0.163. The average molecular weight is 500 g/mol. The van der Waals surface area contributed by atoms with Crippen LogP contribution in [0.15, 0.2) is 90.0 Å². The molecule has 4 aromatic rings. The van der Waals surface area contributed by atoms with Gasteiger partial charge in [0, 0.05) is 5.56 Å². The van der Waals surface area contributed by atoms with E-state index in [4.69, 9.17) is 16.3 Å². The number of nitrogens with one attached hydrogen (secondary N) is 2. The van der Waals surface area contributed by atoms with Crippen LogP contribution in [-0.2, 0) is 4.79 Å². The number of halogens is 1. The molecule has 0 radical (unpaired) electrons. The predicted molar refractivity (Wildman–Crippen MR) is 140 cm³/mol. The molecule has 180 valence electrons. The van der Waals surface area contributed by atoms with Gasteiger partial charge in [0.25, 0.3) is 11.8 Å². The number of esters is 1. The number of amides is 2. The molecule has 0 saturated heterocycles. The van der Waals surface area contributed by atoms with E-state index >= 15 is 0 Å². The molecule has 7 nitrogen and oxygen atoms in total. The number of nitrogens with zero attached hydrogens (tertiary/aromatic N) is 1. The third-order valence-corrected chi connectivity index (χ3v) is 5.66. The van der Waals surface area contributed by atoms with Gasteiger partial charge in [0.1, 0.15) is 5.75 Å². The summed E-state index contributed by atoms with van der Waals surface area (Å²) in [6.07, 6.45) is 1.41. The van der Waals surface area contributed by atoms with E-state index in [1.54, 1.807) is 42.5 Å². The number of rotatable bonds is 7. The lowest BCUT2D eigenvalue weighted by Crippen LogP contribution is -2.35. The van der Waals surface area contributed by atoms with E-state index in [1.807, 2.05) is 49.4 Å². The summed E-state index contributed by atoms with van der Waals surface area (Å²) >= 11 is 6.01. The van der Waals surface area contributed by atoms with Crippen LogP contribution in [0.3, 0.4) is 0 Å². The van der Waals surface area contributed by atoms with Crippen molar-refractivity contribution in [3.05, 3.63) is 112 Å². The lowest BCUT2D eigenvalue weighted by molar-refractivity contribution is -0.120. The maximum absolute atomic E-state index is 12.7. The van der Waals surface area contributed by atoms with Gasteiger partial charge in [-0.15, -0.1) is 0 Å². The standard InChI is InChI=1S/C28H22ClN3O4/c1-18-10-12-20(13-11-18)28(35)36-25-15-14-19-6-2-3-7-21(19)23(25)16-31-32-26(33)17-30-27(34)22-8-4-5-9-24(22)29/h2-16H,17H2,1H3,(H,30,34)(H,32,33)/b31-16-. The third kappa shape index (κ3) is 5.95. The fourth-order valence-corrected chi connectivity index (χ4v) is 3.68. The van der Waals surface area contributed by atoms with Crippen LogP contribution < -0.4 is 15.5 Å². The first-order chi connectivity index (χ1) is 17.4. The van der Waals surface area contributed by atoms with Gasteiger partial charge in [-0.1, -0.05) is 71.8 Å². The molecule has 0 bridgehead atoms. The van der Waals surface area contributed by atoms with Gasteiger partial charge in [-0.05, 0) is 48.0 Å². The lowest BCUT2D eigenvalue weighted by atomic mass is 10.0. The Morgan fingerprint density at radius 3 is 2.42 bits per heavy atom. The highest BCUT2D eigenvalue weighted by Crippen LogP contribution is 2.27. The Bertz CT molecular complexity index is 1470. The second-order valence-corrected chi connectivity index (χ2v) is 8.32. The van der Waals surface area contributed by atoms with Gasteiger partial charge in [0.05, 0.1) is 28.9 Å². The molecular formula is C28H22ClN3O4. The summed E-state index contributed by atoms with van der Waals surface area (Å²) in [6, 6.07) is 24.7. The summed E-state index contributed by atoms with van der Waals surface area (Å²) in [7, 11) is 0. The Morgan fingerprint density at radius 2 is 1.64 bits per heavy atom. The average Bonchev–Trinajstić information content (AvgIpc) is 2.89. The maximum atomic E-state index is 12.7. The third-order valence-electron chi connectivity index (χ3n) is 5.33. The Hall–Kier alpha value is -4.49. The first-order valence-electron chi connectivity index (χ1n) is 11.1. The normalized spacial score (nSPS) is 10.8. The molecule has 4 aromatic carbocycles. The number of aryl methyl sites for hydroxylation is 1. The van der Waals surface area contributed by atoms with Crippen LogP contribution in [-0.4, -0.2) is 30.5 Å². The summed E-state index contributed by atoms with van der Waals surface area (Å²) in [6.45, 7) is 1.63. The largest absolute Gasteiger partial charge is 0.422 e. The predicted octanol–water partition coefficient (Wildman–Crippen LogP) is 4.90. The molecule has 0 saturated carbocycles. The lowest BCUT2D eigenvalue weighted by Gasteiger charge is -2.11. The van der Waals surface area contributed by atoms with Crippen molar-refractivity contribution < 1.29 is 19.1 Å². The van der Waals surface area contributed by atoms with E-state index in [0.717, 1.165) is 16.3 Å². The molecule has 2 N–H and O–H groups in total. The first-order valence-corrected chi connectivity index (χ1v) is 11.5. The van der Waals surface area contributed by atoms with E-state index in [-0.39, 0.29) is 17.1 Å². The van der Waals surface area contributed by atoms with Crippen LogP contribution in [0, 0.1) is 6.92 Å². The van der Waals surface area contributed by atoms with Crippen molar-refractivity contribution in [2.45, 2.75) is 6.92 Å². The van der Waals surface area contributed by atoms with E-state index in [2.05, 4.69) is 15.8 Å². The second kappa shape index (κ2) is 11.3. The van der Waals surface area contributed by atoms with Gasteiger partial charge in [-0.25, -0.2) is 10.2 Å². The van der Waals surface area contributed by atoms with Gasteiger partial charge in [0.15, 0.2) is 0 Å². The van der Waals surface area contributed by atoms with Crippen molar-refractivity contribution >= 4 is 46.4 Å². The van der Waals surface area contributed by atoms with Gasteiger partial charge in [0.2, 0.25) is 0 Å². The topological polar surface area (TPSA) is 96.9 Å². The van der Waals surface area contributed by atoms with Crippen LogP contribution in [0.25, 0.3) is 10.8 Å². The highest BCUT2D eigenvalue weighted by atomic mass is 35.5. The van der Waals surface area contributed by atoms with Gasteiger partial charge in [-0.3, -0.25) is 9.59 Å². The Balaban J connectivity index is 1.47. The van der Waals surface area contributed by atoms with Crippen LogP contribution in [0.4, 0.5) is 0 Å². The zero-order valence-electron chi connectivity index (χ0n) is 19.3. The molecule has 0 aromatic heterocycles. The zero-order chi connectivity index (χ0) is 25.5. The van der Waals surface area contributed by atoms with Crippen molar-refractivity contribution in [1.29, 1.82) is 0 Å². The smallest absolute Gasteiger partial charge is 0.343 e. The van der Waals surface area contributed by atoms with Crippen LogP contribution in [0.1, 0.15) is 31.8 Å². The molecule has 4 rings (SSSR count). The SMILES string of the molecule is Cc1ccc(C(=O)Oc2ccc3ccccc3c2/C=N\NC(=O)CNC(=O)c2ccccc2Cl)cc1. The van der Waals surface area contributed by atoms with E-state index in [1.165, 1.54) is 6.21 Å². The van der Waals surface area contributed by atoms with Gasteiger partial charge in [-0.2, -0.15) is 5.10 Å². The molecular weight excluding hydrogens is 478 g/mol. The van der Waals surface area contributed by atoms with Gasteiger partial charge >= 0.3 is 5.97 Å². The molecule has 0 unspecified atom stereocenters. The minimum Gasteiger partial charge on any atom is -0.422 e. The van der Waals surface area contributed by atoms with Crippen molar-refractivity contribution in [3.63, 3.8) is 0 Å². The van der Waals surface area contributed by atoms with Crippen molar-refractivity contribution in [2.75, 3.05) is 6.54 Å². The van der Waals surface area contributed by atoms with Crippen LogP contribution in [0.5, 0.6) is 5.75 Å². The molecule has 0 fully saturated rings. The van der Waals surface area contributed by atoms with E-state index in [9.17, 15) is 14.4 Å². The minimum atomic E-state index is -0.537. The maximum Gasteiger partial charge on any atom is 0.343 e. The van der Waals surface area contributed by atoms with Crippen molar-refractivity contribution in [1.82, 2.24) is 10.7 Å². The number of fused-ring (bicyclic) bond motifs is 1. The minimum absolute atomic E-state index is 0.270.